The number of anilines is 3. The van der Waals surface area contributed by atoms with Crippen molar-refractivity contribution in [3.8, 4) is 77.9 Å². The van der Waals surface area contributed by atoms with Crippen LogP contribution in [-0.2, 0) is 10.8 Å². The third kappa shape index (κ3) is 6.19. The van der Waals surface area contributed by atoms with E-state index in [0.717, 1.165) is 17.1 Å². The lowest BCUT2D eigenvalue weighted by molar-refractivity contribution is 0.660. The SMILES string of the molecule is CC1(C)c2ccccc2-c2ccc(N(c3ccc4c(c3)C3(c5cc(-c6ccccc6)ccc5-c5ccc(-c6ccccc6)cc53)c3cc(-c5ccccc5)ccc3-4)c3ccccc3-c3ccccc3)cc21. The second kappa shape index (κ2) is 15.9. The monoisotopic (exact) mass is 903 g/mol. The van der Waals surface area contributed by atoms with Crippen LogP contribution in [0.4, 0.5) is 17.1 Å². The summed E-state index contributed by atoms with van der Waals surface area (Å²) in [4.78, 5) is 2.53. The van der Waals surface area contributed by atoms with Gasteiger partial charge >= 0.3 is 0 Å². The van der Waals surface area contributed by atoms with Crippen molar-refractivity contribution in [3.05, 3.63) is 294 Å². The van der Waals surface area contributed by atoms with Gasteiger partial charge in [0.25, 0.3) is 0 Å². The molecule has 334 valence electrons. The van der Waals surface area contributed by atoms with E-state index in [-0.39, 0.29) is 5.41 Å². The topological polar surface area (TPSA) is 3.24 Å². The summed E-state index contributed by atoms with van der Waals surface area (Å²) in [7, 11) is 0. The molecule has 0 saturated heterocycles. The summed E-state index contributed by atoms with van der Waals surface area (Å²) < 4.78 is 0. The van der Waals surface area contributed by atoms with Crippen molar-refractivity contribution in [1.82, 2.24) is 0 Å². The molecule has 3 aliphatic carbocycles. The Morgan fingerprint density at radius 2 is 0.577 bits per heavy atom. The van der Waals surface area contributed by atoms with Crippen molar-refractivity contribution < 1.29 is 0 Å². The Bertz CT molecular complexity index is 3720. The molecule has 0 aromatic heterocycles. The molecule has 0 fully saturated rings. The fourth-order valence-electron chi connectivity index (χ4n) is 12.6. The highest BCUT2D eigenvalue weighted by atomic mass is 15.1. The molecule has 71 heavy (non-hydrogen) atoms. The predicted octanol–water partition coefficient (Wildman–Crippen LogP) is 18.5. The summed E-state index contributed by atoms with van der Waals surface area (Å²) in [5.41, 5.74) is 27.9. The predicted molar refractivity (Wildman–Crippen MR) is 297 cm³/mol. The number of para-hydroxylation sites is 1. The number of benzene rings is 11. The van der Waals surface area contributed by atoms with Crippen LogP contribution in [0, 0.1) is 0 Å². The normalized spacial score (nSPS) is 13.7. The van der Waals surface area contributed by atoms with Gasteiger partial charge in [-0.1, -0.05) is 226 Å². The Hall–Kier alpha value is -8.78. The zero-order valence-corrected chi connectivity index (χ0v) is 39.8. The summed E-state index contributed by atoms with van der Waals surface area (Å²) in [6.45, 7) is 4.76. The minimum atomic E-state index is -0.655. The van der Waals surface area contributed by atoms with E-state index in [1.165, 1.54) is 111 Å². The number of fused-ring (bicyclic) bond motifs is 13. The van der Waals surface area contributed by atoms with Crippen molar-refractivity contribution in [2.45, 2.75) is 24.7 Å². The molecule has 0 aliphatic heterocycles. The zero-order valence-electron chi connectivity index (χ0n) is 39.8. The lowest BCUT2D eigenvalue weighted by atomic mass is 9.69. The molecule has 0 N–H and O–H groups in total. The molecule has 1 nitrogen and oxygen atoms in total. The van der Waals surface area contributed by atoms with Crippen LogP contribution in [-0.4, -0.2) is 0 Å². The fourth-order valence-corrected chi connectivity index (χ4v) is 12.6. The molecular formula is C70H49N. The summed E-state index contributed by atoms with van der Waals surface area (Å²) in [6, 6.07) is 97.7. The molecule has 0 amide bonds. The average molecular weight is 904 g/mol. The van der Waals surface area contributed by atoms with E-state index >= 15 is 0 Å². The van der Waals surface area contributed by atoms with Gasteiger partial charge in [0.05, 0.1) is 11.1 Å². The quantitative estimate of drug-likeness (QED) is 0.154. The molecule has 1 spiro atoms. The molecule has 0 saturated carbocycles. The van der Waals surface area contributed by atoms with Gasteiger partial charge in [0.15, 0.2) is 0 Å². The molecule has 0 heterocycles. The van der Waals surface area contributed by atoms with E-state index in [4.69, 9.17) is 0 Å². The largest absolute Gasteiger partial charge is 0.310 e. The van der Waals surface area contributed by atoms with E-state index in [0.29, 0.717) is 0 Å². The van der Waals surface area contributed by atoms with Gasteiger partial charge in [-0.25, -0.2) is 0 Å². The molecule has 0 bridgehead atoms. The standard InChI is InChI=1S/C70H49N/c1-69(2)62-29-17-15-28-56(62)57-39-34-53(44-63(57)69)71(68-30-18-16-27-55(68)49-25-13-6-14-26-49)54-35-40-61-60-38-33-52(48-23-11-5-12-24-48)43-66(60)70(67(61)45-54)64-41-50(46-19-7-3-8-20-46)31-36-58(64)59-37-32-51(42-65(59)70)47-21-9-4-10-22-47/h3-45H,1-2H3. The highest BCUT2D eigenvalue weighted by Crippen LogP contribution is 2.65. The summed E-state index contributed by atoms with van der Waals surface area (Å²) in [5, 5.41) is 0. The average Bonchev–Trinajstić information content (AvgIpc) is 3.99. The second-order valence-corrected chi connectivity index (χ2v) is 20.0. The van der Waals surface area contributed by atoms with Gasteiger partial charge in [-0.15, -0.1) is 0 Å². The maximum Gasteiger partial charge on any atom is 0.0726 e. The maximum atomic E-state index is 2.55. The van der Waals surface area contributed by atoms with Crippen molar-refractivity contribution >= 4 is 17.1 Å². The van der Waals surface area contributed by atoms with Crippen LogP contribution in [0.2, 0.25) is 0 Å². The Kier molecular flexibility index (Phi) is 9.22. The van der Waals surface area contributed by atoms with Gasteiger partial charge < -0.3 is 4.90 Å². The van der Waals surface area contributed by atoms with E-state index in [9.17, 15) is 0 Å². The number of rotatable bonds is 7. The van der Waals surface area contributed by atoms with Crippen LogP contribution in [0.5, 0.6) is 0 Å². The van der Waals surface area contributed by atoms with Crippen molar-refractivity contribution in [1.29, 1.82) is 0 Å². The Morgan fingerprint density at radius 3 is 1.06 bits per heavy atom. The highest BCUT2D eigenvalue weighted by molar-refractivity contribution is 6.00. The van der Waals surface area contributed by atoms with E-state index in [1.807, 2.05) is 0 Å². The van der Waals surface area contributed by atoms with Crippen LogP contribution in [0.25, 0.3) is 77.9 Å². The van der Waals surface area contributed by atoms with E-state index < -0.39 is 5.41 Å². The van der Waals surface area contributed by atoms with E-state index in [1.54, 1.807) is 0 Å². The minimum absolute atomic E-state index is 0.170. The van der Waals surface area contributed by atoms with Crippen LogP contribution in [0.15, 0.2) is 261 Å². The van der Waals surface area contributed by atoms with Crippen molar-refractivity contribution in [2.75, 3.05) is 4.90 Å². The molecule has 0 unspecified atom stereocenters. The molecule has 0 radical (unpaired) electrons. The van der Waals surface area contributed by atoms with Crippen molar-refractivity contribution in [3.63, 3.8) is 0 Å². The summed E-state index contributed by atoms with van der Waals surface area (Å²) in [6.07, 6.45) is 0. The minimum Gasteiger partial charge on any atom is -0.310 e. The van der Waals surface area contributed by atoms with Crippen LogP contribution in [0.1, 0.15) is 47.2 Å². The lowest BCUT2D eigenvalue weighted by Gasteiger charge is -2.33. The molecule has 14 rings (SSSR count). The van der Waals surface area contributed by atoms with Crippen LogP contribution >= 0.6 is 0 Å². The molecular weight excluding hydrogens is 855 g/mol. The summed E-state index contributed by atoms with van der Waals surface area (Å²) in [5.74, 6) is 0. The molecule has 1 heteroatoms. The van der Waals surface area contributed by atoms with Gasteiger partial charge in [0, 0.05) is 22.4 Å². The first-order chi connectivity index (χ1) is 35.0. The first-order valence-electron chi connectivity index (χ1n) is 24.9. The van der Waals surface area contributed by atoms with Gasteiger partial charge in [-0.2, -0.15) is 0 Å². The second-order valence-electron chi connectivity index (χ2n) is 20.0. The van der Waals surface area contributed by atoms with Gasteiger partial charge in [0.2, 0.25) is 0 Å². The first-order valence-corrected chi connectivity index (χ1v) is 24.9. The van der Waals surface area contributed by atoms with Gasteiger partial charge in [-0.3, -0.25) is 0 Å². The van der Waals surface area contributed by atoms with Crippen molar-refractivity contribution in [2.24, 2.45) is 0 Å². The Labute approximate surface area is 416 Å². The molecule has 11 aromatic carbocycles. The van der Waals surface area contributed by atoms with Gasteiger partial charge in [0.1, 0.15) is 0 Å². The summed E-state index contributed by atoms with van der Waals surface area (Å²) >= 11 is 0. The number of hydrogen-bond acceptors (Lipinski definition) is 1. The third-order valence-corrected chi connectivity index (χ3v) is 15.9. The van der Waals surface area contributed by atoms with E-state index in [2.05, 4.69) is 280 Å². The molecule has 0 atom stereocenters. The van der Waals surface area contributed by atoms with Gasteiger partial charge in [-0.05, 0) is 154 Å². The first kappa shape index (κ1) is 41.2. The van der Waals surface area contributed by atoms with Crippen LogP contribution in [0.3, 0.4) is 0 Å². The fraction of sp³-hybridized carbons (Fsp3) is 0.0571. The number of nitrogens with zero attached hydrogens (tertiary/aromatic N) is 1. The molecule has 3 aliphatic rings. The smallest absolute Gasteiger partial charge is 0.0726 e. The Morgan fingerprint density at radius 1 is 0.239 bits per heavy atom. The Balaban J connectivity index is 1.08. The molecule has 11 aromatic rings. The zero-order chi connectivity index (χ0) is 47.3. The lowest BCUT2D eigenvalue weighted by Crippen LogP contribution is -2.26. The third-order valence-electron chi connectivity index (χ3n) is 15.9. The van der Waals surface area contributed by atoms with Crippen LogP contribution < -0.4 is 4.90 Å². The maximum absolute atomic E-state index is 2.55. The highest BCUT2D eigenvalue weighted by Gasteiger charge is 2.52. The number of hydrogen-bond donors (Lipinski definition) is 0.